The second-order valence-corrected chi connectivity index (χ2v) is 19.5. The predicted octanol–water partition coefficient (Wildman–Crippen LogP) is 19.6. The van der Waals surface area contributed by atoms with Gasteiger partial charge < -0.3 is 4.90 Å². The van der Waals surface area contributed by atoms with E-state index in [1.165, 1.54) is 99.1 Å². The van der Waals surface area contributed by atoms with Crippen LogP contribution in [0, 0.1) is 0 Å². The molecule has 0 spiro atoms. The Morgan fingerprint density at radius 2 is 0.703 bits per heavy atom. The molecule has 0 atom stereocenters. The first-order chi connectivity index (χ1) is 36.7. The number of hydrogen-bond acceptors (Lipinski definition) is 1. The van der Waals surface area contributed by atoms with E-state index in [4.69, 9.17) is 0 Å². The van der Waals surface area contributed by atoms with E-state index in [-0.39, 0.29) is 0 Å². The minimum Gasteiger partial charge on any atom is -0.310 e. The molecule has 14 rings (SSSR count). The molecule has 0 radical (unpaired) electrons. The molecule has 346 valence electrons. The van der Waals surface area contributed by atoms with Crippen LogP contribution in [0.5, 0.6) is 0 Å². The van der Waals surface area contributed by atoms with Crippen LogP contribution in [0.4, 0.5) is 17.1 Å². The Labute approximate surface area is 432 Å². The van der Waals surface area contributed by atoms with Crippen molar-refractivity contribution in [1.29, 1.82) is 0 Å². The Balaban J connectivity index is 0.970. The van der Waals surface area contributed by atoms with Gasteiger partial charge in [0, 0.05) is 17.1 Å². The second kappa shape index (κ2) is 17.9. The van der Waals surface area contributed by atoms with Gasteiger partial charge in [0.1, 0.15) is 0 Å². The molecule has 1 aliphatic carbocycles. The topological polar surface area (TPSA) is 3.24 Å². The number of anilines is 3. The standard InChI is InChI=1S/C73H49N/c1-5-22-52(23-6-1)71-66-36-16-15-34-63(66)64-45-41-55(48-68(64)72(71)53-24-7-2-8-25-53)54-27-19-32-59(47-54)74(58-42-39-51(40-43-58)62-37-20-26-50-21-13-14-33-61(50)62)60-44-46-70-67(49-60)65-35-17-18-38-69(65)73(70,56-28-9-3-10-29-56)57-30-11-4-12-31-57/h1-49H. The van der Waals surface area contributed by atoms with E-state index in [0.717, 1.165) is 28.2 Å². The van der Waals surface area contributed by atoms with Crippen LogP contribution in [0.1, 0.15) is 22.3 Å². The lowest BCUT2D eigenvalue weighted by Gasteiger charge is -2.34. The van der Waals surface area contributed by atoms with Crippen LogP contribution in [-0.2, 0) is 5.41 Å². The van der Waals surface area contributed by atoms with Crippen LogP contribution < -0.4 is 4.90 Å². The average Bonchev–Trinajstić information content (AvgIpc) is 3.86. The quantitative estimate of drug-likeness (QED) is 0.130. The number of nitrogens with zero attached hydrogens (tertiary/aromatic N) is 1. The van der Waals surface area contributed by atoms with E-state index in [0.29, 0.717) is 0 Å². The fraction of sp³-hybridized carbons (Fsp3) is 0.0137. The third-order valence-corrected chi connectivity index (χ3v) is 15.5. The van der Waals surface area contributed by atoms with E-state index in [2.05, 4.69) is 302 Å². The Kier molecular flexibility index (Phi) is 10.5. The van der Waals surface area contributed by atoms with Gasteiger partial charge in [0.2, 0.25) is 0 Å². The first kappa shape index (κ1) is 43.2. The third kappa shape index (κ3) is 7.00. The summed E-state index contributed by atoms with van der Waals surface area (Å²) < 4.78 is 0. The maximum atomic E-state index is 2.45. The molecule has 0 bridgehead atoms. The van der Waals surface area contributed by atoms with E-state index in [1.54, 1.807) is 0 Å². The van der Waals surface area contributed by atoms with Gasteiger partial charge in [0.15, 0.2) is 0 Å². The van der Waals surface area contributed by atoms with Crippen molar-refractivity contribution in [2.75, 3.05) is 4.90 Å². The molecule has 0 saturated heterocycles. The number of rotatable bonds is 9. The van der Waals surface area contributed by atoms with Crippen LogP contribution in [0.25, 0.3) is 88.0 Å². The fourth-order valence-corrected chi connectivity index (χ4v) is 12.3. The van der Waals surface area contributed by atoms with Gasteiger partial charge in [-0.05, 0) is 153 Å². The Bertz CT molecular complexity index is 4170. The SMILES string of the molecule is c1ccc(-c2c(-c3ccccc3)c3cc(-c4cccc(N(c5ccc(-c6cccc7ccccc67)cc5)c5ccc6c(c5)-c5ccccc5C6(c5ccccc5)c5ccccc5)c4)ccc3c3ccccc23)cc1. The summed E-state index contributed by atoms with van der Waals surface area (Å²) in [6.45, 7) is 0. The normalized spacial score (nSPS) is 12.4. The molecule has 1 heteroatoms. The van der Waals surface area contributed by atoms with Gasteiger partial charge in [-0.15, -0.1) is 0 Å². The zero-order chi connectivity index (χ0) is 49.0. The molecule has 1 nitrogen and oxygen atoms in total. The van der Waals surface area contributed by atoms with Gasteiger partial charge in [-0.3, -0.25) is 0 Å². The Morgan fingerprint density at radius 1 is 0.230 bits per heavy atom. The maximum Gasteiger partial charge on any atom is 0.0713 e. The molecule has 13 aromatic rings. The minimum atomic E-state index is -0.488. The zero-order valence-electron chi connectivity index (χ0n) is 40.7. The molecule has 13 aromatic carbocycles. The fourth-order valence-electron chi connectivity index (χ4n) is 12.3. The molecule has 0 aromatic heterocycles. The molecular weight excluding hydrogens is 891 g/mol. The van der Waals surface area contributed by atoms with Crippen molar-refractivity contribution in [3.05, 3.63) is 320 Å². The van der Waals surface area contributed by atoms with Gasteiger partial charge in [0.05, 0.1) is 5.41 Å². The van der Waals surface area contributed by atoms with E-state index >= 15 is 0 Å². The first-order valence-electron chi connectivity index (χ1n) is 25.7. The van der Waals surface area contributed by atoms with E-state index < -0.39 is 5.41 Å². The lowest BCUT2D eigenvalue weighted by Crippen LogP contribution is -2.28. The molecule has 0 N–H and O–H groups in total. The smallest absolute Gasteiger partial charge is 0.0713 e. The van der Waals surface area contributed by atoms with Gasteiger partial charge in [-0.2, -0.15) is 0 Å². The molecule has 0 amide bonds. The largest absolute Gasteiger partial charge is 0.310 e. The highest BCUT2D eigenvalue weighted by atomic mass is 15.1. The summed E-state index contributed by atoms with van der Waals surface area (Å²) in [6.07, 6.45) is 0. The lowest BCUT2D eigenvalue weighted by molar-refractivity contribution is 0.768. The van der Waals surface area contributed by atoms with Crippen molar-refractivity contribution in [1.82, 2.24) is 0 Å². The summed E-state index contributed by atoms with van der Waals surface area (Å²) in [5.74, 6) is 0. The van der Waals surface area contributed by atoms with E-state index in [1.807, 2.05) is 0 Å². The number of hydrogen-bond donors (Lipinski definition) is 0. The molecule has 0 heterocycles. The third-order valence-electron chi connectivity index (χ3n) is 15.5. The lowest BCUT2D eigenvalue weighted by atomic mass is 9.68. The van der Waals surface area contributed by atoms with Crippen LogP contribution in [-0.4, -0.2) is 0 Å². The van der Waals surface area contributed by atoms with E-state index in [9.17, 15) is 0 Å². The van der Waals surface area contributed by atoms with Crippen LogP contribution in [0.3, 0.4) is 0 Å². The van der Waals surface area contributed by atoms with Gasteiger partial charge in [-0.25, -0.2) is 0 Å². The summed E-state index contributed by atoms with van der Waals surface area (Å²) in [5.41, 5.74) is 20.0. The summed E-state index contributed by atoms with van der Waals surface area (Å²) in [7, 11) is 0. The monoisotopic (exact) mass is 939 g/mol. The highest BCUT2D eigenvalue weighted by Crippen LogP contribution is 2.57. The number of benzene rings is 13. The highest BCUT2D eigenvalue weighted by Gasteiger charge is 2.46. The predicted molar refractivity (Wildman–Crippen MR) is 313 cm³/mol. The summed E-state index contributed by atoms with van der Waals surface area (Å²) in [4.78, 5) is 2.45. The Hall–Kier alpha value is -9.56. The first-order valence-corrected chi connectivity index (χ1v) is 25.7. The molecule has 74 heavy (non-hydrogen) atoms. The average molecular weight is 940 g/mol. The molecule has 0 unspecified atom stereocenters. The summed E-state index contributed by atoms with van der Waals surface area (Å²) >= 11 is 0. The molecular formula is C73H49N. The zero-order valence-corrected chi connectivity index (χ0v) is 40.7. The Morgan fingerprint density at radius 3 is 1.42 bits per heavy atom. The molecule has 0 aliphatic heterocycles. The minimum absolute atomic E-state index is 0.488. The maximum absolute atomic E-state index is 2.45. The van der Waals surface area contributed by atoms with Crippen molar-refractivity contribution >= 4 is 49.4 Å². The van der Waals surface area contributed by atoms with Crippen molar-refractivity contribution in [3.63, 3.8) is 0 Å². The van der Waals surface area contributed by atoms with Gasteiger partial charge >= 0.3 is 0 Å². The van der Waals surface area contributed by atoms with Crippen molar-refractivity contribution in [2.24, 2.45) is 0 Å². The van der Waals surface area contributed by atoms with Crippen LogP contribution in [0.2, 0.25) is 0 Å². The van der Waals surface area contributed by atoms with Crippen molar-refractivity contribution in [2.45, 2.75) is 5.41 Å². The number of fused-ring (bicyclic) bond motifs is 7. The summed E-state index contributed by atoms with van der Waals surface area (Å²) in [6, 6.07) is 110. The van der Waals surface area contributed by atoms with Gasteiger partial charge in [-0.1, -0.05) is 255 Å². The van der Waals surface area contributed by atoms with Crippen molar-refractivity contribution < 1.29 is 0 Å². The molecule has 0 fully saturated rings. The summed E-state index contributed by atoms with van der Waals surface area (Å²) in [5, 5.41) is 7.47. The van der Waals surface area contributed by atoms with Crippen molar-refractivity contribution in [3.8, 4) is 55.6 Å². The van der Waals surface area contributed by atoms with Gasteiger partial charge in [0.25, 0.3) is 0 Å². The second-order valence-electron chi connectivity index (χ2n) is 19.5. The van der Waals surface area contributed by atoms with Crippen LogP contribution in [0.15, 0.2) is 297 Å². The highest BCUT2D eigenvalue weighted by molar-refractivity contribution is 6.22. The van der Waals surface area contributed by atoms with Crippen LogP contribution >= 0.6 is 0 Å². The molecule has 1 aliphatic rings. The molecule has 0 saturated carbocycles.